The Labute approximate surface area is 189 Å². The van der Waals surface area contributed by atoms with E-state index in [4.69, 9.17) is 0 Å². The van der Waals surface area contributed by atoms with Crippen LogP contribution in [0.4, 0.5) is 0 Å². The van der Waals surface area contributed by atoms with Crippen LogP contribution in [-0.4, -0.2) is 27.1 Å². The zero-order valence-corrected chi connectivity index (χ0v) is 20.5. The van der Waals surface area contributed by atoms with Gasteiger partial charge in [-0.15, -0.1) is 0 Å². The number of rotatable bonds is 5. The maximum absolute atomic E-state index is 12.9. The predicted octanol–water partition coefficient (Wildman–Crippen LogP) is 5.85. The molecule has 0 radical (unpaired) electrons. The molecule has 4 aliphatic rings. The van der Waals surface area contributed by atoms with E-state index in [1.54, 1.807) is 0 Å². The largest absolute Gasteiger partial charge is 0.481 e. The molecule has 1 unspecified atom stereocenters. The van der Waals surface area contributed by atoms with Crippen molar-refractivity contribution in [3.05, 3.63) is 0 Å². The molecule has 0 bridgehead atoms. The normalized spacial score (nSPS) is 49.6. The molecule has 4 saturated carbocycles. The van der Waals surface area contributed by atoms with Gasteiger partial charge in [0.25, 0.3) is 0 Å². The van der Waals surface area contributed by atoms with Crippen molar-refractivity contribution >= 4 is 5.97 Å². The molecule has 4 rings (SSSR count). The highest BCUT2D eigenvalue weighted by Crippen LogP contribution is 2.73. The number of carbonyl (C=O) groups is 1. The van der Waals surface area contributed by atoms with Crippen LogP contribution in [-0.2, 0) is 4.79 Å². The fourth-order valence-electron chi connectivity index (χ4n) is 10.1. The van der Waals surface area contributed by atoms with Crippen molar-refractivity contribution in [1.82, 2.24) is 0 Å². The van der Waals surface area contributed by atoms with Gasteiger partial charge in [0.1, 0.15) is 0 Å². The molecule has 178 valence electrons. The molecule has 0 aromatic heterocycles. The summed E-state index contributed by atoms with van der Waals surface area (Å²) in [5.74, 6) is 0.622. The maximum Gasteiger partial charge on any atom is 0.310 e. The Kier molecular flexibility index (Phi) is 5.86. The van der Waals surface area contributed by atoms with Crippen LogP contribution in [0.3, 0.4) is 0 Å². The Morgan fingerprint density at radius 1 is 1.03 bits per heavy atom. The quantitative estimate of drug-likeness (QED) is 0.474. The zero-order valence-electron chi connectivity index (χ0n) is 20.5. The number of aliphatic carboxylic acids is 1. The van der Waals surface area contributed by atoms with Crippen molar-refractivity contribution in [3.63, 3.8) is 0 Å². The molecule has 4 fully saturated rings. The fraction of sp³-hybridized carbons (Fsp3) is 0.963. The predicted molar refractivity (Wildman–Crippen MR) is 122 cm³/mol. The number of fused-ring (bicyclic) bond motifs is 5. The van der Waals surface area contributed by atoms with Crippen LogP contribution in [0.2, 0.25) is 0 Å². The van der Waals surface area contributed by atoms with Gasteiger partial charge in [-0.1, -0.05) is 53.9 Å². The van der Waals surface area contributed by atoms with Crippen LogP contribution in [0.1, 0.15) is 105 Å². The van der Waals surface area contributed by atoms with Crippen LogP contribution in [0.15, 0.2) is 0 Å². The van der Waals surface area contributed by atoms with Gasteiger partial charge >= 0.3 is 5.97 Å². The van der Waals surface area contributed by atoms with Crippen LogP contribution < -0.4 is 0 Å². The summed E-state index contributed by atoms with van der Waals surface area (Å²) in [6.07, 6.45) is 10.2. The molecule has 0 aromatic carbocycles. The Balaban J connectivity index is 1.73. The first-order valence-corrected chi connectivity index (χ1v) is 13.1. The molecule has 0 aliphatic heterocycles. The summed E-state index contributed by atoms with van der Waals surface area (Å²) < 4.78 is 0. The van der Waals surface area contributed by atoms with E-state index in [1.165, 1.54) is 32.1 Å². The van der Waals surface area contributed by atoms with Crippen LogP contribution in [0.25, 0.3) is 0 Å². The van der Waals surface area contributed by atoms with Gasteiger partial charge in [0.2, 0.25) is 0 Å². The van der Waals surface area contributed by atoms with E-state index < -0.39 is 17.2 Å². The van der Waals surface area contributed by atoms with Crippen molar-refractivity contribution in [1.29, 1.82) is 0 Å². The lowest BCUT2D eigenvalue weighted by molar-refractivity contribution is -0.279. The second-order valence-electron chi connectivity index (χ2n) is 12.6. The van der Waals surface area contributed by atoms with Crippen molar-refractivity contribution in [2.24, 2.45) is 51.8 Å². The fourth-order valence-corrected chi connectivity index (χ4v) is 10.1. The Hall–Kier alpha value is -0.610. The van der Waals surface area contributed by atoms with Crippen molar-refractivity contribution in [2.45, 2.75) is 111 Å². The Morgan fingerprint density at radius 3 is 2.35 bits per heavy atom. The molecular weight excluding hydrogens is 388 g/mol. The third-order valence-corrected chi connectivity index (χ3v) is 11.5. The average Bonchev–Trinajstić information content (AvgIpc) is 3.05. The molecule has 0 saturated heterocycles. The third kappa shape index (κ3) is 3.17. The van der Waals surface area contributed by atoms with Gasteiger partial charge in [-0.2, -0.15) is 0 Å². The molecule has 0 heterocycles. The summed E-state index contributed by atoms with van der Waals surface area (Å²) in [4.78, 5) is 12.9. The molecule has 4 aliphatic carbocycles. The molecule has 4 nitrogen and oxygen atoms in total. The minimum absolute atomic E-state index is 0.00828. The van der Waals surface area contributed by atoms with Gasteiger partial charge in [0.15, 0.2) is 5.79 Å². The first-order valence-electron chi connectivity index (χ1n) is 13.1. The Bertz CT molecular complexity index is 703. The van der Waals surface area contributed by atoms with E-state index in [0.29, 0.717) is 36.0 Å². The van der Waals surface area contributed by atoms with E-state index in [1.807, 2.05) is 0 Å². The van der Waals surface area contributed by atoms with Gasteiger partial charge in [-0.25, -0.2) is 0 Å². The van der Waals surface area contributed by atoms with E-state index in [2.05, 4.69) is 34.6 Å². The molecule has 3 N–H and O–H groups in total. The molecule has 0 spiro atoms. The summed E-state index contributed by atoms with van der Waals surface area (Å²) in [7, 11) is 0. The van der Waals surface area contributed by atoms with Gasteiger partial charge < -0.3 is 15.3 Å². The average molecular weight is 435 g/mol. The van der Waals surface area contributed by atoms with E-state index >= 15 is 0 Å². The van der Waals surface area contributed by atoms with Crippen molar-refractivity contribution < 1.29 is 20.1 Å². The molecule has 0 aromatic rings. The third-order valence-electron chi connectivity index (χ3n) is 11.5. The van der Waals surface area contributed by atoms with Gasteiger partial charge in [-0.05, 0) is 84.9 Å². The number of hydrogen-bond donors (Lipinski definition) is 3. The van der Waals surface area contributed by atoms with Gasteiger partial charge in [0, 0.05) is 12.8 Å². The van der Waals surface area contributed by atoms with Crippen molar-refractivity contribution in [2.75, 3.05) is 0 Å². The number of aliphatic hydroxyl groups is 2. The minimum Gasteiger partial charge on any atom is -0.481 e. The lowest BCUT2D eigenvalue weighted by Crippen LogP contribution is -2.67. The molecule has 4 heteroatoms. The minimum atomic E-state index is -1.85. The molecule has 9 atom stereocenters. The SMILES string of the molecule is CCC[C@@H](C)[C@H]1CC[C@H]2[C@@H]3C[C@H](CC)C4(C(=O)O)CC(O)(O)CC[C@]4(C)[C@H]3CC[C@]12C. The summed E-state index contributed by atoms with van der Waals surface area (Å²) in [6.45, 7) is 11.7. The van der Waals surface area contributed by atoms with E-state index in [0.717, 1.165) is 31.1 Å². The number of carboxylic acids is 1. The summed E-state index contributed by atoms with van der Waals surface area (Å²) >= 11 is 0. The topological polar surface area (TPSA) is 77.8 Å². The van der Waals surface area contributed by atoms with Crippen molar-refractivity contribution in [3.8, 4) is 0 Å². The highest BCUT2D eigenvalue weighted by Gasteiger charge is 2.71. The van der Waals surface area contributed by atoms with Gasteiger partial charge in [-0.3, -0.25) is 4.79 Å². The number of carboxylic acid groups (broad SMARTS) is 1. The number of hydrogen-bond acceptors (Lipinski definition) is 3. The van der Waals surface area contributed by atoms with Crippen LogP contribution in [0.5, 0.6) is 0 Å². The van der Waals surface area contributed by atoms with E-state index in [9.17, 15) is 20.1 Å². The molecule has 0 amide bonds. The highest BCUT2D eigenvalue weighted by molar-refractivity contribution is 5.77. The van der Waals surface area contributed by atoms with E-state index in [-0.39, 0.29) is 17.8 Å². The van der Waals surface area contributed by atoms with Crippen LogP contribution in [0, 0.1) is 51.8 Å². The standard InChI is InChI=1S/C27H46O4/c1-6-8-17(3)20-9-10-21-19-15-18(7-2)27(23(28)29)16-26(30,31)14-13-25(27,5)22(19)11-12-24(20,21)4/h17-22,30-31H,6-16H2,1-5H3,(H,28,29)/t17-,18+,19+,20-,21+,22+,24-,25-,27?/m1/s1. The highest BCUT2D eigenvalue weighted by atomic mass is 16.5. The Morgan fingerprint density at radius 2 is 1.74 bits per heavy atom. The smallest absolute Gasteiger partial charge is 0.310 e. The summed E-state index contributed by atoms with van der Waals surface area (Å²) in [5.41, 5.74) is -0.988. The first kappa shape index (κ1) is 23.5. The first-order chi connectivity index (χ1) is 14.5. The maximum atomic E-state index is 12.9. The summed E-state index contributed by atoms with van der Waals surface area (Å²) in [5, 5.41) is 31.8. The molecular formula is C27H46O4. The van der Waals surface area contributed by atoms with Crippen LogP contribution >= 0.6 is 0 Å². The lowest BCUT2D eigenvalue weighted by Gasteiger charge is -2.67. The monoisotopic (exact) mass is 434 g/mol. The molecule has 31 heavy (non-hydrogen) atoms. The summed E-state index contributed by atoms with van der Waals surface area (Å²) in [6, 6.07) is 0. The second kappa shape index (κ2) is 7.72. The van der Waals surface area contributed by atoms with Gasteiger partial charge in [0.05, 0.1) is 5.41 Å². The lowest BCUT2D eigenvalue weighted by atomic mass is 9.36. The zero-order chi connectivity index (χ0) is 22.8. The second-order valence-corrected chi connectivity index (χ2v) is 12.6.